The third-order valence-electron chi connectivity index (χ3n) is 2.60. The first kappa shape index (κ1) is 13.8. The SMILES string of the molecule is CC(C)Cn1ncnc1CNc1cc(Cl)ccc1F. The van der Waals surface area contributed by atoms with Crippen molar-refractivity contribution in [2.24, 2.45) is 5.92 Å². The van der Waals surface area contributed by atoms with Crippen molar-refractivity contribution in [1.29, 1.82) is 0 Å². The predicted molar refractivity (Wildman–Crippen MR) is 73.6 cm³/mol. The number of aromatic nitrogens is 3. The molecule has 0 spiro atoms. The van der Waals surface area contributed by atoms with E-state index in [2.05, 4.69) is 29.2 Å². The van der Waals surface area contributed by atoms with Crippen molar-refractivity contribution in [3.63, 3.8) is 0 Å². The molecule has 1 heterocycles. The third kappa shape index (κ3) is 3.67. The molecule has 19 heavy (non-hydrogen) atoms. The molecular formula is C13H16ClFN4. The zero-order valence-electron chi connectivity index (χ0n) is 10.9. The molecule has 0 aliphatic rings. The first-order valence-electron chi connectivity index (χ1n) is 6.12. The van der Waals surface area contributed by atoms with E-state index < -0.39 is 0 Å². The van der Waals surface area contributed by atoms with Gasteiger partial charge in [0.1, 0.15) is 18.0 Å². The van der Waals surface area contributed by atoms with E-state index >= 15 is 0 Å². The highest BCUT2D eigenvalue weighted by Crippen LogP contribution is 2.20. The van der Waals surface area contributed by atoms with Crippen LogP contribution in [0.4, 0.5) is 10.1 Å². The van der Waals surface area contributed by atoms with Gasteiger partial charge in [0.05, 0.1) is 12.2 Å². The Hall–Kier alpha value is -1.62. The molecule has 0 aliphatic heterocycles. The van der Waals surface area contributed by atoms with E-state index in [1.807, 2.05) is 4.68 Å². The minimum Gasteiger partial charge on any atom is -0.375 e. The van der Waals surface area contributed by atoms with E-state index in [-0.39, 0.29) is 5.82 Å². The maximum absolute atomic E-state index is 13.5. The van der Waals surface area contributed by atoms with Gasteiger partial charge in [-0.1, -0.05) is 25.4 Å². The van der Waals surface area contributed by atoms with Gasteiger partial charge in [0, 0.05) is 11.6 Å². The zero-order valence-corrected chi connectivity index (χ0v) is 11.7. The number of anilines is 1. The third-order valence-corrected chi connectivity index (χ3v) is 2.83. The van der Waals surface area contributed by atoms with Crippen molar-refractivity contribution in [1.82, 2.24) is 14.8 Å². The predicted octanol–water partition coefficient (Wildman–Crippen LogP) is 3.34. The second-order valence-corrected chi connectivity index (χ2v) is 5.17. The van der Waals surface area contributed by atoms with Crippen molar-refractivity contribution in [3.8, 4) is 0 Å². The molecule has 102 valence electrons. The second-order valence-electron chi connectivity index (χ2n) is 4.73. The second kappa shape index (κ2) is 6.02. The Morgan fingerprint density at radius 2 is 2.21 bits per heavy atom. The average molecular weight is 283 g/mol. The van der Waals surface area contributed by atoms with Gasteiger partial charge in [-0.15, -0.1) is 0 Å². The largest absolute Gasteiger partial charge is 0.375 e. The Labute approximate surface area is 116 Å². The highest BCUT2D eigenvalue weighted by Gasteiger charge is 2.08. The Bertz CT molecular complexity index is 553. The zero-order chi connectivity index (χ0) is 13.8. The van der Waals surface area contributed by atoms with Crippen LogP contribution in [0.3, 0.4) is 0 Å². The minimum absolute atomic E-state index is 0.334. The normalized spacial score (nSPS) is 11.0. The molecule has 0 radical (unpaired) electrons. The smallest absolute Gasteiger partial charge is 0.146 e. The van der Waals surface area contributed by atoms with Crippen molar-refractivity contribution >= 4 is 17.3 Å². The summed E-state index contributed by atoms with van der Waals surface area (Å²) in [6, 6.07) is 4.41. The quantitative estimate of drug-likeness (QED) is 0.915. The summed E-state index contributed by atoms with van der Waals surface area (Å²) in [6.45, 7) is 5.41. The molecular weight excluding hydrogens is 267 g/mol. The van der Waals surface area contributed by atoms with Crippen LogP contribution in [-0.4, -0.2) is 14.8 Å². The molecule has 1 N–H and O–H groups in total. The van der Waals surface area contributed by atoms with E-state index in [4.69, 9.17) is 11.6 Å². The molecule has 2 rings (SSSR count). The number of rotatable bonds is 5. The number of nitrogens with one attached hydrogen (secondary N) is 1. The van der Waals surface area contributed by atoms with E-state index in [0.717, 1.165) is 12.4 Å². The molecule has 0 saturated carbocycles. The summed E-state index contributed by atoms with van der Waals surface area (Å²) in [5.41, 5.74) is 0.367. The molecule has 6 heteroatoms. The number of hydrogen-bond acceptors (Lipinski definition) is 3. The molecule has 0 bridgehead atoms. The highest BCUT2D eigenvalue weighted by atomic mass is 35.5. The van der Waals surface area contributed by atoms with Gasteiger partial charge in [0.2, 0.25) is 0 Å². The van der Waals surface area contributed by atoms with Gasteiger partial charge in [0.15, 0.2) is 0 Å². The molecule has 0 fully saturated rings. The Morgan fingerprint density at radius 1 is 1.42 bits per heavy atom. The summed E-state index contributed by atoms with van der Waals surface area (Å²) >= 11 is 5.84. The minimum atomic E-state index is -0.334. The van der Waals surface area contributed by atoms with E-state index in [9.17, 15) is 4.39 Å². The lowest BCUT2D eigenvalue weighted by molar-refractivity contribution is 0.468. The molecule has 1 aromatic carbocycles. The first-order chi connectivity index (χ1) is 9.06. The fraction of sp³-hybridized carbons (Fsp3) is 0.385. The Kier molecular flexibility index (Phi) is 4.37. The number of halogens is 2. The van der Waals surface area contributed by atoms with Gasteiger partial charge in [0.25, 0.3) is 0 Å². The molecule has 4 nitrogen and oxygen atoms in total. The highest BCUT2D eigenvalue weighted by molar-refractivity contribution is 6.30. The molecule has 0 saturated heterocycles. The van der Waals surface area contributed by atoms with Crippen LogP contribution in [0.5, 0.6) is 0 Å². The lowest BCUT2D eigenvalue weighted by Crippen LogP contribution is -2.13. The van der Waals surface area contributed by atoms with Crippen LogP contribution in [0.2, 0.25) is 5.02 Å². The summed E-state index contributed by atoms with van der Waals surface area (Å²) in [4.78, 5) is 4.17. The number of nitrogens with zero attached hydrogens (tertiary/aromatic N) is 3. The van der Waals surface area contributed by atoms with Crippen LogP contribution in [0.15, 0.2) is 24.5 Å². The van der Waals surface area contributed by atoms with Crippen molar-refractivity contribution in [2.45, 2.75) is 26.9 Å². The fourth-order valence-electron chi connectivity index (χ4n) is 1.73. The molecule has 0 unspecified atom stereocenters. The van der Waals surface area contributed by atoms with Crippen LogP contribution in [0.1, 0.15) is 19.7 Å². The van der Waals surface area contributed by atoms with Gasteiger partial charge >= 0.3 is 0 Å². The van der Waals surface area contributed by atoms with E-state index in [0.29, 0.717) is 23.2 Å². The van der Waals surface area contributed by atoms with Crippen LogP contribution in [-0.2, 0) is 13.1 Å². The maximum Gasteiger partial charge on any atom is 0.146 e. The van der Waals surface area contributed by atoms with E-state index in [1.165, 1.54) is 18.5 Å². The fourth-order valence-corrected chi connectivity index (χ4v) is 1.90. The topological polar surface area (TPSA) is 42.7 Å². The summed E-state index contributed by atoms with van der Waals surface area (Å²) in [5.74, 6) is 0.913. The Balaban J connectivity index is 2.06. The summed E-state index contributed by atoms with van der Waals surface area (Å²) < 4.78 is 15.4. The molecule has 0 aliphatic carbocycles. The average Bonchev–Trinajstić information content (AvgIpc) is 2.77. The molecule has 0 atom stereocenters. The first-order valence-corrected chi connectivity index (χ1v) is 6.49. The van der Waals surface area contributed by atoms with Gasteiger partial charge in [-0.3, -0.25) is 0 Å². The maximum atomic E-state index is 13.5. The van der Waals surface area contributed by atoms with Crippen molar-refractivity contribution in [3.05, 3.63) is 41.2 Å². The van der Waals surface area contributed by atoms with Gasteiger partial charge in [-0.25, -0.2) is 14.1 Å². The molecule has 0 amide bonds. The van der Waals surface area contributed by atoms with Crippen molar-refractivity contribution < 1.29 is 4.39 Å². The van der Waals surface area contributed by atoms with Crippen LogP contribution < -0.4 is 5.32 Å². The van der Waals surface area contributed by atoms with Crippen LogP contribution in [0.25, 0.3) is 0 Å². The summed E-state index contributed by atoms with van der Waals surface area (Å²) in [6.07, 6.45) is 1.51. The lowest BCUT2D eigenvalue weighted by Gasteiger charge is -2.10. The molecule has 2 aromatic rings. The number of benzene rings is 1. The standard InChI is InChI=1S/C13H16ClFN4/c1-9(2)7-19-13(17-8-18-19)6-16-12-5-10(14)3-4-11(12)15/h3-5,8-9,16H,6-7H2,1-2H3. The van der Waals surface area contributed by atoms with Crippen LogP contribution in [0, 0.1) is 11.7 Å². The van der Waals surface area contributed by atoms with Gasteiger partial charge < -0.3 is 5.32 Å². The van der Waals surface area contributed by atoms with Crippen LogP contribution >= 0.6 is 11.6 Å². The van der Waals surface area contributed by atoms with E-state index in [1.54, 1.807) is 6.07 Å². The Morgan fingerprint density at radius 3 is 2.95 bits per heavy atom. The summed E-state index contributed by atoms with van der Waals surface area (Å²) in [7, 11) is 0. The van der Waals surface area contributed by atoms with Gasteiger partial charge in [-0.05, 0) is 24.1 Å². The monoisotopic (exact) mass is 282 g/mol. The number of hydrogen-bond donors (Lipinski definition) is 1. The summed E-state index contributed by atoms with van der Waals surface area (Å²) in [5, 5.41) is 7.63. The van der Waals surface area contributed by atoms with Gasteiger partial charge in [-0.2, -0.15) is 5.10 Å². The molecule has 1 aromatic heterocycles. The van der Waals surface area contributed by atoms with Crippen molar-refractivity contribution in [2.75, 3.05) is 5.32 Å². The lowest BCUT2D eigenvalue weighted by atomic mass is 10.2.